The maximum Gasteiger partial charge on any atom is 0.0807 e. The van der Waals surface area contributed by atoms with Crippen molar-refractivity contribution in [1.29, 1.82) is 0 Å². The van der Waals surface area contributed by atoms with E-state index in [1.807, 2.05) is 0 Å². The van der Waals surface area contributed by atoms with E-state index in [0.717, 1.165) is 16.6 Å². The van der Waals surface area contributed by atoms with Crippen LogP contribution in [0.4, 0.5) is 0 Å². The molecule has 0 aliphatic heterocycles. The highest BCUT2D eigenvalue weighted by atomic mass is 31.8. The molecule has 0 aromatic rings. The molecule has 12 heavy (non-hydrogen) atoms. The molecule has 0 nitrogen and oxygen atoms in total. The number of hydrogen-bond donors (Lipinski definition) is 0. The predicted octanol–water partition coefficient (Wildman–Crippen LogP) is 5.43. The normalized spacial score (nSPS) is 13.8. The molecule has 0 spiro atoms. The highest BCUT2D eigenvalue weighted by Crippen LogP contribution is 2.49. The zero-order valence-electron chi connectivity index (χ0n) is 9.13. The Morgan fingerprint density at radius 2 is 1.08 bits per heavy atom. The van der Waals surface area contributed by atoms with Gasteiger partial charge in [-0.15, -0.1) is 0 Å². The SMILES string of the molecule is CC(C)[Si](P=[P-])(C(C)C)C(C)C. The summed E-state index contributed by atoms with van der Waals surface area (Å²) in [4.78, 5) is 0. The highest BCUT2D eigenvalue weighted by molar-refractivity contribution is 8.00. The lowest BCUT2D eigenvalue weighted by Gasteiger charge is -2.43. The number of hydrogen-bond acceptors (Lipinski definition) is 0. The molecule has 72 valence electrons. The summed E-state index contributed by atoms with van der Waals surface area (Å²) < 4.78 is 0. The second-order valence-corrected chi connectivity index (χ2v) is 14.6. The third-order valence-corrected chi connectivity index (χ3v) is 17.6. The standard InChI is InChI=1S/C9H21P2Si/c1-7(2)12(11-10,8(3)4)9(5)6/h7-9H,1-6H3/q-1. The summed E-state index contributed by atoms with van der Waals surface area (Å²) in [6.07, 6.45) is 0. The first kappa shape index (κ1) is 12.8. The van der Waals surface area contributed by atoms with Gasteiger partial charge in [0, 0.05) is 0 Å². The van der Waals surface area contributed by atoms with E-state index in [4.69, 9.17) is 0 Å². The van der Waals surface area contributed by atoms with Crippen LogP contribution in [0.5, 0.6) is 0 Å². The first-order valence-corrected chi connectivity index (χ1v) is 9.87. The lowest BCUT2D eigenvalue weighted by molar-refractivity contribution is 0.851. The predicted molar refractivity (Wildman–Crippen MR) is 64.9 cm³/mol. The summed E-state index contributed by atoms with van der Waals surface area (Å²) >= 11 is 0. The molecule has 0 aliphatic rings. The molecule has 0 heterocycles. The Morgan fingerprint density at radius 3 is 1.08 bits per heavy atom. The van der Waals surface area contributed by atoms with Crippen LogP contribution in [0.3, 0.4) is 0 Å². The van der Waals surface area contributed by atoms with Crippen LogP contribution in [-0.2, 0) is 0 Å². The van der Waals surface area contributed by atoms with Crippen molar-refractivity contribution in [3.8, 4) is 0 Å². The molecule has 0 saturated heterocycles. The summed E-state index contributed by atoms with van der Waals surface area (Å²) in [6, 6.07) is 0. The van der Waals surface area contributed by atoms with E-state index in [1.165, 1.54) is 7.42 Å². The van der Waals surface area contributed by atoms with Gasteiger partial charge in [-0.05, 0) is 16.6 Å². The zero-order chi connectivity index (χ0) is 9.94. The maximum atomic E-state index is 4.55. The van der Waals surface area contributed by atoms with E-state index in [9.17, 15) is 0 Å². The Kier molecular flexibility index (Phi) is 5.22. The summed E-state index contributed by atoms with van der Waals surface area (Å²) in [5.74, 6) is 0. The van der Waals surface area contributed by atoms with Crippen LogP contribution in [0, 0.1) is 0 Å². The molecule has 0 fully saturated rings. The molecule has 0 unspecified atom stereocenters. The average molecular weight is 219 g/mol. The van der Waals surface area contributed by atoms with Crippen molar-refractivity contribution in [3.63, 3.8) is 0 Å². The second kappa shape index (κ2) is 4.89. The lowest BCUT2D eigenvalue weighted by Crippen LogP contribution is -2.37. The maximum absolute atomic E-state index is 4.55. The largest absolute Gasteiger partial charge is 0.702 e. The molecule has 0 aromatic carbocycles. The molecular weight excluding hydrogens is 198 g/mol. The van der Waals surface area contributed by atoms with Gasteiger partial charge in [-0.3, -0.25) is 0 Å². The van der Waals surface area contributed by atoms with Gasteiger partial charge in [-0.25, -0.2) is 0 Å². The van der Waals surface area contributed by atoms with Gasteiger partial charge < -0.3 is 15.9 Å². The van der Waals surface area contributed by atoms with Gasteiger partial charge in [0.05, 0.1) is 7.74 Å². The van der Waals surface area contributed by atoms with Crippen molar-refractivity contribution in [3.05, 3.63) is 0 Å². The van der Waals surface area contributed by atoms with Crippen LogP contribution in [0.1, 0.15) is 41.5 Å². The van der Waals surface area contributed by atoms with Gasteiger partial charge in [0.25, 0.3) is 0 Å². The van der Waals surface area contributed by atoms with Gasteiger partial charge in [-0.2, -0.15) is 0 Å². The van der Waals surface area contributed by atoms with Crippen molar-refractivity contribution < 1.29 is 0 Å². The van der Waals surface area contributed by atoms with Gasteiger partial charge in [0.15, 0.2) is 0 Å². The van der Waals surface area contributed by atoms with Crippen LogP contribution in [0.25, 0.3) is 0 Å². The van der Waals surface area contributed by atoms with E-state index >= 15 is 0 Å². The monoisotopic (exact) mass is 219 g/mol. The lowest BCUT2D eigenvalue weighted by atomic mass is 10.5. The Hall–Kier alpha value is 0.817. The molecule has 0 radical (unpaired) electrons. The molecule has 0 aromatic heterocycles. The van der Waals surface area contributed by atoms with Gasteiger partial charge in [0.2, 0.25) is 0 Å². The van der Waals surface area contributed by atoms with Crippen LogP contribution >= 0.6 is 15.9 Å². The summed E-state index contributed by atoms with van der Waals surface area (Å²) in [6.45, 7) is 14.2. The first-order valence-electron chi connectivity index (χ1n) is 4.75. The van der Waals surface area contributed by atoms with Crippen molar-refractivity contribution in [1.82, 2.24) is 0 Å². The van der Waals surface area contributed by atoms with Gasteiger partial charge >= 0.3 is 0 Å². The van der Waals surface area contributed by atoms with Gasteiger partial charge in [-0.1, -0.05) is 41.5 Å². The number of rotatable bonds is 4. The summed E-state index contributed by atoms with van der Waals surface area (Å²) in [5, 5.41) is 0. The van der Waals surface area contributed by atoms with E-state index in [2.05, 4.69) is 50.1 Å². The van der Waals surface area contributed by atoms with E-state index in [1.54, 1.807) is 0 Å². The minimum absolute atomic E-state index is 0.844. The zero-order valence-corrected chi connectivity index (χ0v) is 11.9. The van der Waals surface area contributed by atoms with Crippen molar-refractivity contribution >= 4 is 23.7 Å². The Bertz CT molecular complexity index is 131. The average Bonchev–Trinajstić information content (AvgIpc) is 1.86. The van der Waals surface area contributed by atoms with Crippen LogP contribution in [0.15, 0.2) is 0 Å². The molecule has 0 atom stereocenters. The fraction of sp³-hybridized carbons (Fsp3) is 1.00. The van der Waals surface area contributed by atoms with Crippen molar-refractivity contribution in [2.45, 2.75) is 58.2 Å². The highest BCUT2D eigenvalue weighted by Gasteiger charge is 2.37. The topological polar surface area (TPSA) is 0 Å². The molecule has 3 heteroatoms. The first-order chi connectivity index (χ1) is 5.39. The van der Waals surface area contributed by atoms with Crippen LogP contribution in [-0.4, -0.2) is 7.74 Å². The van der Waals surface area contributed by atoms with Crippen LogP contribution < -0.4 is 0 Å². The third-order valence-electron chi connectivity index (χ3n) is 2.95. The fourth-order valence-electron chi connectivity index (χ4n) is 2.35. The Morgan fingerprint density at radius 1 is 0.833 bits per heavy atom. The van der Waals surface area contributed by atoms with E-state index < -0.39 is 7.74 Å². The van der Waals surface area contributed by atoms with Crippen LogP contribution in [0.2, 0.25) is 16.6 Å². The van der Waals surface area contributed by atoms with Crippen molar-refractivity contribution in [2.24, 2.45) is 0 Å². The molecular formula is C9H21P2Si-. The quantitative estimate of drug-likeness (QED) is 0.436. The molecule has 0 aliphatic carbocycles. The molecule has 0 rings (SSSR count). The summed E-state index contributed by atoms with van der Waals surface area (Å²) in [5.41, 5.74) is 2.53. The van der Waals surface area contributed by atoms with Gasteiger partial charge in [0.1, 0.15) is 0 Å². The second-order valence-electron chi connectivity index (χ2n) is 4.45. The summed E-state index contributed by atoms with van der Waals surface area (Å²) in [7, 11) is 4.77. The minimum atomic E-state index is -1.17. The van der Waals surface area contributed by atoms with Crippen molar-refractivity contribution in [2.75, 3.05) is 0 Å². The fourth-order valence-corrected chi connectivity index (χ4v) is 15.4. The smallest absolute Gasteiger partial charge is 0.0807 e. The Labute approximate surface area is 82.2 Å². The third kappa shape index (κ3) is 2.19. The van der Waals surface area contributed by atoms with E-state index in [0.29, 0.717) is 0 Å². The molecule has 0 N–H and O–H groups in total. The molecule has 0 bridgehead atoms. The van der Waals surface area contributed by atoms with E-state index in [-0.39, 0.29) is 0 Å². The minimum Gasteiger partial charge on any atom is -0.702 e. The molecule has 0 amide bonds. The Balaban J connectivity index is 4.89. The molecule has 0 saturated carbocycles.